The number of unbranched alkanes of at least 4 members (excludes halogenated alkanes) is 1. The number of ether oxygens (including phenoxy) is 1. The van der Waals surface area contributed by atoms with E-state index in [0.717, 1.165) is 50.7 Å². The number of halogens is 2. The molecule has 0 atom stereocenters. The van der Waals surface area contributed by atoms with Crippen LogP contribution >= 0.6 is 24.0 Å². The van der Waals surface area contributed by atoms with Gasteiger partial charge in [0, 0.05) is 40.4 Å². The molecule has 1 aromatic carbocycles. The van der Waals surface area contributed by atoms with Crippen LogP contribution in [0.15, 0.2) is 23.2 Å². The number of benzene rings is 1. The molecule has 25 heavy (non-hydrogen) atoms. The molecule has 0 saturated heterocycles. The summed E-state index contributed by atoms with van der Waals surface area (Å²) in [5.41, 5.74) is 1.44. The fourth-order valence-corrected chi connectivity index (χ4v) is 2.20. The maximum absolute atomic E-state index is 14.0. The van der Waals surface area contributed by atoms with Gasteiger partial charge in [0.05, 0.1) is 12.2 Å². The Kier molecular flexibility index (Phi) is 13.5. The first-order valence-corrected chi connectivity index (χ1v) is 8.64. The van der Waals surface area contributed by atoms with Crippen molar-refractivity contribution >= 4 is 35.6 Å². The summed E-state index contributed by atoms with van der Waals surface area (Å²) < 4.78 is 19.3. The molecule has 0 saturated carbocycles. The maximum Gasteiger partial charge on any atom is 0.191 e. The Bertz CT molecular complexity index is 512. The van der Waals surface area contributed by atoms with E-state index in [0.29, 0.717) is 12.2 Å². The molecule has 0 heterocycles. The highest BCUT2D eigenvalue weighted by atomic mass is 127. The molecular weight excluding hydrogens is 434 g/mol. The smallest absolute Gasteiger partial charge is 0.191 e. The summed E-state index contributed by atoms with van der Waals surface area (Å²) in [7, 11) is 3.66. The molecule has 0 fully saturated rings. The van der Waals surface area contributed by atoms with E-state index in [1.807, 2.05) is 34.0 Å². The third-order valence-electron chi connectivity index (χ3n) is 3.47. The molecule has 0 spiro atoms. The number of anilines is 1. The number of nitrogens with one attached hydrogen (secondary N) is 2. The van der Waals surface area contributed by atoms with Gasteiger partial charge in [-0.2, -0.15) is 0 Å². The Hall–Kier alpha value is -1.09. The number of aliphatic imine (C=N–C) groups is 1. The Morgan fingerprint density at radius 3 is 2.56 bits per heavy atom. The molecular formula is C18H32FIN4O. The zero-order valence-corrected chi connectivity index (χ0v) is 18.1. The highest BCUT2D eigenvalue weighted by Gasteiger charge is 2.05. The Morgan fingerprint density at radius 2 is 1.96 bits per heavy atom. The normalized spacial score (nSPS) is 11.0. The number of guanidine groups is 1. The topological polar surface area (TPSA) is 48.9 Å². The lowest BCUT2D eigenvalue weighted by molar-refractivity contribution is 0.143. The summed E-state index contributed by atoms with van der Waals surface area (Å²) >= 11 is 0. The van der Waals surface area contributed by atoms with Gasteiger partial charge in [-0.3, -0.25) is 0 Å². The maximum atomic E-state index is 14.0. The minimum atomic E-state index is -0.221. The van der Waals surface area contributed by atoms with Gasteiger partial charge >= 0.3 is 0 Å². The standard InChI is InChI=1S/C18H31FN4O.HI/c1-5-20-18(21-11-7-8-12-24-6-2)22-14-15-9-10-17(23(3)4)16(19)13-15;/h9-10,13H,5-8,11-12,14H2,1-4H3,(H2,20,21,22);1H. The van der Waals surface area contributed by atoms with Crippen molar-refractivity contribution in [2.24, 2.45) is 4.99 Å². The van der Waals surface area contributed by atoms with Gasteiger partial charge in [0.2, 0.25) is 0 Å². The second-order valence-electron chi connectivity index (χ2n) is 5.71. The third kappa shape index (κ3) is 9.84. The van der Waals surface area contributed by atoms with Crippen LogP contribution in [0, 0.1) is 5.82 Å². The summed E-state index contributed by atoms with van der Waals surface area (Å²) in [6.45, 7) is 7.66. The Labute approximate surface area is 168 Å². The lowest BCUT2D eigenvalue weighted by Gasteiger charge is -2.14. The number of hydrogen-bond acceptors (Lipinski definition) is 3. The molecule has 5 nitrogen and oxygen atoms in total. The van der Waals surface area contributed by atoms with Crippen LogP contribution in [0.2, 0.25) is 0 Å². The largest absolute Gasteiger partial charge is 0.382 e. The van der Waals surface area contributed by atoms with Crippen molar-refractivity contribution in [2.75, 3.05) is 45.3 Å². The fraction of sp³-hybridized carbons (Fsp3) is 0.611. The molecule has 0 aromatic heterocycles. The van der Waals surface area contributed by atoms with Crippen molar-refractivity contribution in [3.05, 3.63) is 29.6 Å². The van der Waals surface area contributed by atoms with E-state index in [-0.39, 0.29) is 29.8 Å². The van der Waals surface area contributed by atoms with Crippen LogP contribution in [0.1, 0.15) is 32.3 Å². The van der Waals surface area contributed by atoms with Crippen molar-refractivity contribution in [1.82, 2.24) is 10.6 Å². The summed E-state index contributed by atoms with van der Waals surface area (Å²) in [5, 5.41) is 6.50. The zero-order chi connectivity index (χ0) is 17.8. The van der Waals surface area contributed by atoms with Gasteiger partial charge in [-0.15, -0.1) is 24.0 Å². The minimum absolute atomic E-state index is 0. The van der Waals surface area contributed by atoms with Gasteiger partial charge in [-0.25, -0.2) is 9.38 Å². The predicted octanol–water partition coefficient (Wildman–Crippen LogP) is 3.38. The summed E-state index contributed by atoms with van der Waals surface area (Å²) in [6, 6.07) is 5.24. The van der Waals surface area contributed by atoms with Gasteiger partial charge in [-0.1, -0.05) is 6.07 Å². The molecule has 2 N–H and O–H groups in total. The van der Waals surface area contributed by atoms with E-state index in [1.165, 1.54) is 0 Å². The average Bonchev–Trinajstić information content (AvgIpc) is 2.55. The number of hydrogen-bond donors (Lipinski definition) is 2. The number of nitrogens with zero attached hydrogens (tertiary/aromatic N) is 2. The van der Waals surface area contributed by atoms with Crippen molar-refractivity contribution in [3.8, 4) is 0 Å². The van der Waals surface area contributed by atoms with E-state index in [9.17, 15) is 4.39 Å². The zero-order valence-electron chi connectivity index (χ0n) is 15.8. The molecule has 0 amide bonds. The van der Waals surface area contributed by atoms with Crippen LogP contribution < -0.4 is 15.5 Å². The lowest BCUT2D eigenvalue weighted by atomic mass is 10.2. The molecule has 144 valence electrons. The molecule has 0 aliphatic heterocycles. The predicted molar refractivity (Wildman–Crippen MR) is 115 cm³/mol. The molecule has 1 aromatic rings. The first kappa shape index (κ1) is 23.9. The third-order valence-corrected chi connectivity index (χ3v) is 3.47. The first-order valence-electron chi connectivity index (χ1n) is 8.64. The van der Waals surface area contributed by atoms with Crippen molar-refractivity contribution in [1.29, 1.82) is 0 Å². The molecule has 0 aliphatic carbocycles. The first-order chi connectivity index (χ1) is 11.6. The van der Waals surface area contributed by atoms with Gasteiger partial charge < -0.3 is 20.3 Å². The van der Waals surface area contributed by atoms with Crippen molar-refractivity contribution < 1.29 is 9.13 Å². The second-order valence-corrected chi connectivity index (χ2v) is 5.71. The summed E-state index contributed by atoms with van der Waals surface area (Å²) in [6.07, 6.45) is 2.05. The SMILES string of the molecule is CCNC(=NCc1ccc(N(C)C)c(F)c1)NCCCCOCC.I. The Morgan fingerprint density at radius 1 is 1.20 bits per heavy atom. The summed E-state index contributed by atoms with van der Waals surface area (Å²) in [5.74, 6) is 0.535. The fourth-order valence-electron chi connectivity index (χ4n) is 2.20. The van der Waals surface area contributed by atoms with E-state index in [4.69, 9.17) is 4.74 Å². The molecule has 1 rings (SSSR count). The van der Waals surface area contributed by atoms with E-state index >= 15 is 0 Å². The van der Waals surface area contributed by atoms with Gasteiger partial charge in [-0.05, 0) is 44.4 Å². The molecule has 0 bridgehead atoms. The average molecular weight is 466 g/mol. The van der Waals surface area contributed by atoms with Gasteiger partial charge in [0.15, 0.2) is 5.96 Å². The highest BCUT2D eigenvalue weighted by molar-refractivity contribution is 14.0. The molecule has 0 radical (unpaired) electrons. The Balaban J connectivity index is 0.00000576. The van der Waals surface area contributed by atoms with Crippen molar-refractivity contribution in [2.45, 2.75) is 33.2 Å². The van der Waals surface area contributed by atoms with E-state index in [2.05, 4.69) is 15.6 Å². The lowest BCUT2D eigenvalue weighted by Crippen LogP contribution is -2.37. The quantitative estimate of drug-likeness (QED) is 0.240. The van der Waals surface area contributed by atoms with Crippen LogP contribution in [0.4, 0.5) is 10.1 Å². The van der Waals surface area contributed by atoms with Gasteiger partial charge in [0.25, 0.3) is 0 Å². The molecule has 0 unspecified atom stereocenters. The molecule has 7 heteroatoms. The van der Waals surface area contributed by atoms with E-state index < -0.39 is 0 Å². The van der Waals surface area contributed by atoms with Crippen LogP contribution in [0.25, 0.3) is 0 Å². The van der Waals surface area contributed by atoms with Gasteiger partial charge in [0.1, 0.15) is 5.82 Å². The van der Waals surface area contributed by atoms with Crippen molar-refractivity contribution in [3.63, 3.8) is 0 Å². The van der Waals surface area contributed by atoms with Crippen LogP contribution in [-0.4, -0.2) is 46.4 Å². The highest BCUT2D eigenvalue weighted by Crippen LogP contribution is 2.18. The van der Waals surface area contributed by atoms with Crippen LogP contribution in [0.3, 0.4) is 0 Å². The summed E-state index contributed by atoms with van der Waals surface area (Å²) in [4.78, 5) is 6.28. The monoisotopic (exact) mass is 466 g/mol. The van der Waals surface area contributed by atoms with E-state index in [1.54, 1.807) is 17.0 Å². The number of rotatable bonds is 10. The minimum Gasteiger partial charge on any atom is -0.382 e. The molecule has 0 aliphatic rings. The van der Waals surface area contributed by atoms with Crippen LogP contribution in [0.5, 0.6) is 0 Å². The second kappa shape index (κ2) is 14.1. The van der Waals surface area contributed by atoms with Crippen LogP contribution in [-0.2, 0) is 11.3 Å².